The van der Waals surface area contributed by atoms with Crippen molar-refractivity contribution < 1.29 is 62.3 Å². The summed E-state index contributed by atoms with van der Waals surface area (Å²) in [4.78, 5) is 0. The van der Waals surface area contributed by atoms with Crippen molar-refractivity contribution in [2.24, 2.45) is 0 Å². The standard InChI is InChI=1S/C8H28O12Si9.C6H18O2Si2.C5H12OSi/c1-22-10-24(3)14-26(5)12-23(2,9-21)13-27(6)15-25(4,11-22)17-28(7,16-24)20-29(8,18-26)19-27;1-7-10(5,6)8-9(2,3)4;1-5-7(3,4)6-2/h22H,1-8,21H3;1-6H3;5H,1H2,2-4H3. The van der Waals surface area contributed by atoms with Crippen LogP contribution in [0.5, 0.6) is 0 Å². The van der Waals surface area contributed by atoms with Crippen molar-refractivity contribution in [1.82, 2.24) is 0 Å². The molecule has 0 N–H and O–H groups in total. The van der Waals surface area contributed by atoms with Gasteiger partial charge in [0, 0.05) is 60.0 Å². The second kappa shape index (κ2) is 15.0. The minimum absolute atomic E-state index is 0.389. The Morgan fingerprint density at radius 3 is 1.13 bits per heavy atom. The average molecular weight is 864 g/mol. The Kier molecular flexibility index (Phi) is 14.3. The van der Waals surface area contributed by atoms with Gasteiger partial charge >= 0.3 is 79.5 Å². The molecule has 15 nitrogen and oxygen atoms in total. The van der Waals surface area contributed by atoms with Crippen LogP contribution in [-0.2, 0) is 62.3 Å². The predicted molar refractivity (Wildman–Crippen MR) is 201 cm³/mol. The Balaban J connectivity index is 0.000000358. The van der Waals surface area contributed by atoms with Crippen LogP contribution in [0.25, 0.3) is 0 Å². The smallest absolute Gasteiger partial charge is 0.436 e. The zero-order valence-electron chi connectivity index (χ0n) is 31.0. The molecule has 4 aliphatic heterocycles. The third-order valence-corrected chi connectivity index (χ3v) is 49.7. The quantitative estimate of drug-likeness (QED) is 0.362. The normalized spacial score (nSPS) is 42.9. The zero-order valence-corrected chi connectivity index (χ0v) is 44.1. The van der Waals surface area contributed by atoms with E-state index in [0.29, 0.717) is 10.5 Å². The molecule has 46 heavy (non-hydrogen) atoms. The molecule has 0 amide bonds. The summed E-state index contributed by atoms with van der Waals surface area (Å²) < 4.78 is 92.4. The highest BCUT2D eigenvalue weighted by Gasteiger charge is 2.73. The highest BCUT2D eigenvalue weighted by atomic mass is 28.6. The molecule has 4 heterocycles. The molecule has 4 aliphatic rings. The van der Waals surface area contributed by atoms with Crippen molar-refractivity contribution in [1.29, 1.82) is 0 Å². The van der Waals surface area contributed by atoms with E-state index in [1.165, 1.54) is 0 Å². The number of fused-ring (bicyclic) bond motifs is 4. The molecule has 0 radical (unpaired) electrons. The van der Waals surface area contributed by atoms with E-state index < -0.39 is 96.1 Å². The molecule has 4 fully saturated rings. The van der Waals surface area contributed by atoms with E-state index in [9.17, 15) is 0 Å². The molecule has 0 saturated carbocycles. The van der Waals surface area contributed by atoms with Crippen molar-refractivity contribution >= 4 is 107 Å². The van der Waals surface area contributed by atoms with E-state index in [-0.39, 0.29) is 0 Å². The van der Waals surface area contributed by atoms with E-state index >= 15 is 0 Å². The minimum Gasteiger partial charge on any atom is -0.436 e. The maximum atomic E-state index is 6.45. The molecule has 0 spiro atoms. The summed E-state index contributed by atoms with van der Waals surface area (Å²) >= 11 is 0. The van der Waals surface area contributed by atoms with Crippen LogP contribution in [0, 0.1) is 0 Å². The Labute approximate surface area is 292 Å². The van der Waals surface area contributed by atoms with Crippen LogP contribution >= 0.6 is 0 Å². The Hall–Kier alpha value is 1.74. The van der Waals surface area contributed by atoms with Crippen molar-refractivity contribution in [2.45, 2.75) is 98.2 Å². The van der Waals surface area contributed by atoms with E-state index in [1.807, 2.05) is 12.2 Å². The van der Waals surface area contributed by atoms with Crippen LogP contribution < -0.4 is 0 Å². The molecule has 4 unspecified atom stereocenters. The second-order valence-electron chi connectivity index (χ2n) is 13.8. The van der Waals surface area contributed by atoms with Gasteiger partial charge in [0.2, 0.25) is 8.32 Å². The summed E-state index contributed by atoms with van der Waals surface area (Å²) in [6.45, 7) is 32.8. The first-order valence-corrected chi connectivity index (χ1v) is 42.8. The summed E-state index contributed by atoms with van der Waals surface area (Å²) in [5, 5.41) is 0. The van der Waals surface area contributed by atoms with Crippen molar-refractivity contribution in [3.05, 3.63) is 12.3 Å². The fourth-order valence-electron chi connectivity index (χ4n) is 5.01. The van der Waals surface area contributed by atoms with Gasteiger partial charge in [-0.2, -0.15) is 0 Å². The maximum absolute atomic E-state index is 6.45. The molecule has 0 aromatic heterocycles. The first-order chi connectivity index (χ1) is 20.4. The lowest BCUT2D eigenvalue weighted by Gasteiger charge is -2.56. The molecule has 4 rings (SSSR count). The molecule has 27 heteroatoms. The molecule has 4 atom stereocenters. The van der Waals surface area contributed by atoms with Crippen LogP contribution in [0.3, 0.4) is 0 Å². The topological polar surface area (TPSA) is 138 Å². The molecule has 6 bridgehead atoms. The lowest BCUT2D eigenvalue weighted by molar-refractivity contribution is 0.0154. The Bertz CT molecular complexity index is 1020. The van der Waals surface area contributed by atoms with Crippen LogP contribution in [0.4, 0.5) is 0 Å². The van der Waals surface area contributed by atoms with E-state index in [1.54, 1.807) is 60.0 Å². The first-order valence-electron chi connectivity index (χ1n) is 15.1. The van der Waals surface area contributed by atoms with Gasteiger partial charge in [-0.05, 0) is 52.4 Å². The number of hydrogen-bond acceptors (Lipinski definition) is 15. The lowest BCUT2D eigenvalue weighted by atomic mass is 11.3. The monoisotopic (exact) mass is 862 g/mol. The maximum Gasteiger partial charge on any atom is 0.475 e. The van der Waals surface area contributed by atoms with Gasteiger partial charge in [0.25, 0.3) is 0 Å². The zero-order chi connectivity index (χ0) is 35.9. The highest BCUT2D eigenvalue weighted by Crippen LogP contribution is 2.43. The van der Waals surface area contributed by atoms with Crippen LogP contribution in [0.2, 0.25) is 98.2 Å². The molecule has 0 aromatic carbocycles. The van der Waals surface area contributed by atoms with Crippen molar-refractivity contribution in [3.63, 3.8) is 0 Å². The third-order valence-electron chi connectivity index (χ3n) is 6.53. The lowest BCUT2D eigenvalue weighted by Crippen LogP contribution is -2.81. The highest BCUT2D eigenvalue weighted by molar-refractivity contribution is 6.99. The fourth-order valence-corrected chi connectivity index (χ4v) is 53.9. The number of hydrogen-bond donors (Lipinski definition) is 0. The van der Waals surface area contributed by atoms with Crippen LogP contribution in [-0.4, -0.2) is 121 Å². The number of rotatable bonds is 6. The van der Waals surface area contributed by atoms with Gasteiger partial charge in [-0.3, -0.25) is 0 Å². The first kappa shape index (κ1) is 43.9. The van der Waals surface area contributed by atoms with E-state index in [0.717, 1.165) is 0 Å². The summed E-state index contributed by atoms with van der Waals surface area (Å²) in [7, 11) is -26.4. The van der Waals surface area contributed by atoms with Gasteiger partial charge in [-0.15, -0.1) is 6.58 Å². The van der Waals surface area contributed by atoms with Gasteiger partial charge in [0.1, 0.15) is 10.5 Å². The average Bonchev–Trinajstić information content (AvgIpc) is 2.77. The van der Waals surface area contributed by atoms with Gasteiger partial charge in [-0.25, -0.2) is 0 Å². The predicted octanol–water partition coefficient (Wildman–Crippen LogP) is 3.10. The van der Waals surface area contributed by atoms with Gasteiger partial charge in [-0.1, -0.05) is 5.70 Å². The molecule has 0 aromatic rings. The van der Waals surface area contributed by atoms with Crippen LogP contribution in [0.15, 0.2) is 12.3 Å². The van der Waals surface area contributed by atoms with Crippen molar-refractivity contribution in [2.75, 3.05) is 14.2 Å². The molecular weight excluding hydrogens is 805 g/mol. The van der Waals surface area contributed by atoms with Gasteiger partial charge in [0.05, 0.1) is 0 Å². The fraction of sp³-hybridized carbons (Fsp3) is 0.895. The van der Waals surface area contributed by atoms with E-state index in [2.05, 4.69) is 52.4 Å². The van der Waals surface area contributed by atoms with E-state index in [4.69, 9.17) is 62.3 Å². The minimum atomic E-state index is -3.43. The molecule has 4 saturated heterocycles. The summed E-state index contributed by atoms with van der Waals surface area (Å²) in [5.74, 6) is 0. The largest absolute Gasteiger partial charge is 0.475 e. The Morgan fingerprint density at radius 1 is 0.587 bits per heavy atom. The van der Waals surface area contributed by atoms with Gasteiger partial charge < -0.3 is 62.3 Å². The molecule has 272 valence electrons. The van der Waals surface area contributed by atoms with Crippen LogP contribution in [0.1, 0.15) is 0 Å². The SMILES string of the molecule is C=C[Si](C)(C)OC.CO[Si](C)(C)O[Si](C)(C)C.C[SiH]1O[Si]2(C)O[Si]3(C)O[Si](C)(O[SiH3])O[Si]4(C)O[Si](C)(O1)O[Si](C)(O2)O[Si](C)(O3)O4. The molecule has 0 aliphatic carbocycles. The Morgan fingerprint density at radius 2 is 0.913 bits per heavy atom. The third kappa shape index (κ3) is 13.1. The summed E-state index contributed by atoms with van der Waals surface area (Å²) in [6.07, 6.45) is 0. The van der Waals surface area contributed by atoms with Gasteiger partial charge in [0.15, 0.2) is 8.32 Å². The summed E-state index contributed by atoms with van der Waals surface area (Å²) in [5.41, 5.74) is 1.91. The molecular formula is C19H58O15Si12. The summed E-state index contributed by atoms with van der Waals surface area (Å²) in [6, 6.07) is 0. The second-order valence-corrected chi connectivity index (χ2v) is 50.1. The van der Waals surface area contributed by atoms with Crippen molar-refractivity contribution in [3.8, 4) is 0 Å².